The van der Waals surface area contributed by atoms with Crippen molar-refractivity contribution in [1.82, 2.24) is 0 Å². The van der Waals surface area contributed by atoms with E-state index < -0.39 is 19.2 Å². The molecule has 0 heterocycles. The van der Waals surface area contributed by atoms with Crippen LogP contribution in [0.1, 0.15) is 5.56 Å². The number of benzene rings is 1. The largest absolute Gasteiger partial charge is 0.573 e. The van der Waals surface area contributed by atoms with E-state index in [0.29, 0.717) is 0 Å². The predicted octanol–water partition coefficient (Wildman–Crippen LogP) is 1.61. The first-order valence-electron chi connectivity index (χ1n) is 4.27. The van der Waals surface area contributed by atoms with Crippen LogP contribution in [0.5, 0.6) is 5.75 Å². The summed E-state index contributed by atoms with van der Waals surface area (Å²) in [4.78, 5) is 0. The fourth-order valence-electron chi connectivity index (χ4n) is 1.03. The fraction of sp³-hybridized carbons (Fsp3) is 0.111. The zero-order chi connectivity index (χ0) is 12.2. The van der Waals surface area contributed by atoms with Crippen molar-refractivity contribution < 1.29 is 28.0 Å². The quantitative estimate of drug-likeness (QED) is 0.778. The lowest BCUT2D eigenvalue weighted by atomic mass is 9.90. The summed E-state index contributed by atoms with van der Waals surface area (Å²) in [7, 11) is -1.72. The van der Waals surface area contributed by atoms with Gasteiger partial charge in [-0.3, -0.25) is 0 Å². The molecular weight excluding hydrogens is 224 g/mol. The molecule has 0 aliphatic rings. The molecule has 0 bridgehead atoms. The second-order valence-corrected chi connectivity index (χ2v) is 2.86. The van der Waals surface area contributed by atoms with Gasteiger partial charge in [-0.2, -0.15) is 0 Å². The number of hydrogen-bond acceptors (Lipinski definition) is 3. The zero-order valence-electron chi connectivity index (χ0n) is 7.98. The van der Waals surface area contributed by atoms with Crippen molar-refractivity contribution >= 4 is 13.2 Å². The Morgan fingerprint density at radius 3 is 2.38 bits per heavy atom. The number of ether oxygens (including phenoxy) is 1. The molecule has 1 rings (SSSR count). The maximum absolute atomic E-state index is 12.0. The Morgan fingerprint density at radius 2 is 1.81 bits per heavy atom. The third-order valence-electron chi connectivity index (χ3n) is 1.59. The summed E-state index contributed by atoms with van der Waals surface area (Å²) in [6.07, 6.45) is -3.65. The van der Waals surface area contributed by atoms with Crippen molar-refractivity contribution in [3.05, 3.63) is 35.8 Å². The van der Waals surface area contributed by atoms with E-state index in [1.54, 1.807) is 0 Å². The third kappa shape index (κ3) is 4.37. The van der Waals surface area contributed by atoms with E-state index in [1.165, 1.54) is 18.2 Å². The molecule has 1 aromatic carbocycles. The van der Waals surface area contributed by atoms with Gasteiger partial charge in [0.1, 0.15) is 5.75 Å². The highest BCUT2D eigenvalue weighted by Gasteiger charge is 2.31. The van der Waals surface area contributed by atoms with Gasteiger partial charge in [-0.25, -0.2) is 0 Å². The Morgan fingerprint density at radius 1 is 1.19 bits per heavy atom. The van der Waals surface area contributed by atoms with Gasteiger partial charge in [0.05, 0.1) is 0 Å². The molecule has 0 fully saturated rings. The molecule has 0 atom stereocenters. The average Bonchev–Trinajstić information content (AvgIpc) is 2.14. The number of para-hydroxylation sites is 1. The molecular formula is C9H8BF3O3. The zero-order valence-corrected chi connectivity index (χ0v) is 7.98. The van der Waals surface area contributed by atoms with E-state index in [1.807, 2.05) is 0 Å². The first kappa shape index (κ1) is 12.6. The highest BCUT2D eigenvalue weighted by atomic mass is 19.4. The summed E-state index contributed by atoms with van der Waals surface area (Å²) in [5.74, 6) is 0.533. The Balaban J connectivity index is 2.92. The summed E-state index contributed by atoms with van der Waals surface area (Å²) in [5.41, 5.74) is 0.105. The van der Waals surface area contributed by atoms with Crippen LogP contribution in [0.15, 0.2) is 30.2 Å². The number of rotatable bonds is 3. The van der Waals surface area contributed by atoms with E-state index in [0.717, 1.165) is 18.1 Å². The third-order valence-corrected chi connectivity index (χ3v) is 1.59. The monoisotopic (exact) mass is 232 g/mol. The smallest absolute Gasteiger partial charge is 0.424 e. The number of hydrogen-bond donors (Lipinski definition) is 2. The van der Waals surface area contributed by atoms with Gasteiger partial charge in [-0.05, 0) is 6.07 Å². The highest BCUT2D eigenvalue weighted by molar-refractivity contribution is 6.48. The minimum absolute atomic E-state index is 0.105. The molecule has 7 heteroatoms. The van der Waals surface area contributed by atoms with Crippen molar-refractivity contribution in [2.24, 2.45) is 0 Å². The molecule has 0 radical (unpaired) electrons. The molecule has 0 saturated carbocycles. The van der Waals surface area contributed by atoms with Crippen LogP contribution in [0, 0.1) is 0 Å². The van der Waals surface area contributed by atoms with Crippen molar-refractivity contribution in [3.8, 4) is 5.75 Å². The Labute approximate surface area is 89.9 Å². The van der Waals surface area contributed by atoms with Crippen molar-refractivity contribution in [1.29, 1.82) is 0 Å². The van der Waals surface area contributed by atoms with Crippen LogP contribution < -0.4 is 4.74 Å². The van der Waals surface area contributed by atoms with E-state index in [-0.39, 0.29) is 5.56 Å². The van der Waals surface area contributed by atoms with Crippen LogP contribution in [-0.4, -0.2) is 23.5 Å². The Kier molecular flexibility index (Phi) is 3.97. The van der Waals surface area contributed by atoms with Crippen LogP contribution in [0.3, 0.4) is 0 Å². The Hall–Kier alpha value is -1.47. The molecule has 0 aliphatic heterocycles. The predicted molar refractivity (Wildman–Crippen MR) is 52.4 cm³/mol. The number of alkyl halides is 3. The minimum atomic E-state index is -4.78. The fourth-order valence-corrected chi connectivity index (χ4v) is 1.03. The molecule has 0 spiro atoms. The molecule has 0 unspecified atom stereocenters. The molecule has 16 heavy (non-hydrogen) atoms. The maximum Gasteiger partial charge on any atom is 0.573 e. The maximum atomic E-state index is 12.0. The van der Waals surface area contributed by atoms with E-state index in [9.17, 15) is 13.2 Å². The second kappa shape index (κ2) is 5.04. The molecule has 1 aromatic rings. The van der Waals surface area contributed by atoms with E-state index >= 15 is 0 Å². The first-order valence-corrected chi connectivity index (χ1v) is 4.27. The lowest BCUT2D eigenvalue weighted by Crippen LogP contribution is -2.17. The van der Waals surface area contributed by atoms with Crippen LogP contribution in [0.25, 0.3) is 6.08 Å². The first-order chi connectivity index (χ1) is 7.38. The van der Waals surface area contributed by atoms with Crippen LogP contribution in [0.2, 0.25) is 0 Å². The molecule has 86 valence electrons. The van der Waals surface area contributed by atoms with E-state index in [2.05, 4.69) is 4.74 Å². The SMILES string of the molecule is OB(O)/C=C/c1ccccc1OC(F)(F)F. The van der Waals surface area contributed by atoms with Gasteiger partial charge in [0.25, 0.3) is 0 Å². The lowest BCUT2D eigenvalue weighted by molar-refractivity contribution is -0.274. The van der Waals surface area contributed by atoms with Crippen molar-refractivity contribution in [2.45, 2.75) is 6.36 Å². The van der Waals surface area contributed by atoms with Gasteiger partial charge in [0, 0.05) is 5.56 Å². The molecule has 0 saturated heterocycles. The normalized spacial score (nSPS) is 11.8. The van der Waals surface area contributed by atoms with Crippen molar-refractivity contribution in [2.75, 3.05) is 0 Å². The highest BCUT2D eigenvalue weighted by Crippen LogP contribution is 2.26. The second-order valence-electron chi connectivity index (χ2n) is 2.86. The molecule has 3 nitrogen and oxygen atoms in total. The summed E-state index contributed by atoms with van der Waals surface area (Å²) in [6.45, 7) is 0. The summed E-state index contributed by atoms with van der Waals surface area (Å²) in [6, 6.07) is 5.39. The Bertz CT molecular complexity index is 377. The lowest BCUT2D eigenvalue weighted by Gasteiger charge is -2.10. The minimum Gasteiger partial charge on any atom is -0.424 e. The van der Waals surface area contributed by atoms with Crippen LogP contribution in [0.4, 0.5) is 13.2 Å². The van der Waals surface area contributed by atoms with E-state index in [4.69, 9.17) is 10.0 Å². The average molecular weight is 232 g/mol. The van der Waals surface area contributed by atoms with Crippen molar-refractivity contribution in [3.63, 3.8) is 0 Å². The summed E-state index contributed by atoms with van der Waals surface area (Å²) < 4.78 is 39.7. The topological polar surface area (TPSA) is 49.7 Å². The van der Waals surface area contributed by atoms with Gasteiger partial charge in [-0.1, -0.05) is 30.3 Å². The molecule has 2 N–H and O–H groups in total. The van der Waals surface area contributed by atoms with Gasteiger partial charge in [-0.15, -0.1) is 13.2 Å². The summed E-state index contributed by atoms with van der Waals surface area (Å²) >= 11 is 0. The van der Waals surface area contributed by atoms with Gasteiger partial charge in [0.2, 0.25) is 0 Å². The standard InChI is InChI=1S/C9H8BF3O3/c11-9(12,13)16-8-4-2-1-3-7(8)5-6-10(14)15/h1-6,14-15H/b6-5+. The van der Waals surface area contributed by atoms with Crippen LogP contribution in [-0.2, 0) is 0 Å². The van der Waals surface area contributed by atoms with Gasteiger partial charge < -0.3 is 14.8 Å². The molecule has 0 amide bonds. The molecule has 0 aliphatic carbocycles. The summed E-state index contributed by atoms with van der Waals surface area (Å²) in [5, 5.41) is 17.1. The number of halogens is 3. The molecule has 0 aromatic heterocycles. The van der Waals surface area contributed by atoms with Gasteiger partial charge >= 0.3 is 13.5 Å². The van der Waals surface area contributed by atoms with Crippen LogP contribution >= 0.6 is 0 Å². The van der Waals surface area contributed by atoms with Gasteiger partial charge in [0.15, 0.2) is 0 Å².